The number of pyridine rings is 2. The lowest BCUT2D eigenvalue weighted by Gasteiger charge is -2.15. The van der Waals surface area contributed by atoms with E-state index in [2.05, 4.69) is 10.2 Å². The predicted molar refractivity (Wildman–Crippen MR) is 107 cm³/mol. The van der Waals surface area contributed by atoms with Gasteiger partial charge >= 0.3 is 5.97 Å². The molecule has 146 valence electrons. The summed E-state index contributed by atoms with van der Waals surface area (Å²) in [6, 6.07) is 14.9. The van der Waals surface area contributed by atoms with Gasteiger partial charge < -0.3 is 9.84 Å². The molecule has 0 spiro atoms. The van der Waals surface area contributed by atoms with Crippen LogP contribution >= 0.6 is 0 Å². The van der Waals surface area contributed by atoms with E-state index in [0.29, 0.717) is 30.2 Å². The van der Waals surface area contributed by atoms with Gasteiger partial charge in [-0.05, 0) is 31.3 Å². The number of hydrogen-bond donors (Lipinski definition) is 1. The van der Waals surface area contributed by atoms with Crippen LogP contribution in [0.25, 0.3) is 28.1 Å². The number of benzene rings is 1. The van der Waals surface area contributed by atoms with Gasteiger partial charge in [-0.25, -0.2) is 4.98 Å². The van der Waals surface area contributed by atoms with Crippen LogP contribution in [-0.4, -0.2) is 61.3 Å². The number of fused-ring (bicyclic) bond motifs is 2. The highest BCUT2D eigenvalue weighted by Crippen LogP contribution is 2.30. The Balaban J connectivity index is 1.52. The second-order valence-electron chi connectivity index (χ2n) is 7.25. The summed E-state index contributed by atoms with van der Waals surface area (Å²) in [5.74, 6) is 0.474. The third-order valence-corrected chi connectivity index (χ3v) is 5.31. The molecule has 8 heteroatoms. The Kier molecular flexibility index (Phi) is 4.13. The van der Waals surface area contributed by atoms with Gasteiger partial charge in [-0.2, -0.15) is 0 Å². The van der Waals surface area contributed by atoms with Gasteiger partial charge in [-0.3, -0.25) is 14.1 Å². The molecule has 3 aromatic heterocycles. The van der Waals surface area contributed by atoms with Crippen molar-refractivity contribution in [3.05, 3.63) is 54.7 Å². The maximum Gasteiger partial charge on any atom is 0.321 e. The maximum absolute atomic E-state index is 11.4. The molecule has 1 aliphatic heterocycles. The lowest BCUT2D eigenvalue weighted by atomic mass is 10.1. The van der Waals surface area contributed by atoms with Crippen molar-refractivity contribution in [2.45, 2.75) is 18.6 Å². The fourth-order valence-electron chi connectivity index (χ4n) is 3.86. The van der Waals surface area contributed by atoms with Crippen LogP contribution in [0.15, 0.2) is 54.7 Å². The number of aliphatic carboxylic acids is 1. The molecule has 29 heavy (non-hydrogen) atoms. The summed E-state index contributed by atoms with van der Waals surface area (Å²) < 4.78 is 8.08. The zero-order valence-electron chi connectivity index (χ0n) is 15.8. The molecule has 1 aromatic carbocycles. The van der Waals surface area contributed by atoms with E-state index in [4.69, 9.17) is 9.72 Å². The van der Waals surface area contributed by atoms with Crippen molar-refractivity contribution in [1.82, 2.24) is 24.5 Å². The van der Waals surface area contributed by atoms with Gasteiger partial charge in [0.15, 0.2) is 11.5 Å². The summed E-state index contributed by atoms with van der Waals surface area (Å²) in [7, 11) is 1.80. The molecule has 5 rings (SSSR count). The Bertz CT molecular complexity index is 1220. The number of ether oxygens (including phenoxy) is 1. The molecular weight excluding hydrogens is 370 g/mol. The van der Waals surface area contributed by atoms with E-state index in [1.807, 2.05) is 59.1 Å². The lowest BCUT2D eigenvalue weighted by Crippen LogP contribution is -2.32. The zero-order chi connectivity index (χ0) is 20.0. The van der Waals surface area contributed by atoms with E-state index >= 15 is 0 Å². The minimum absolute atomic E-state index is 0.203. The molecule has 1 fully saturated rings. The van der Waals surface area contributed by atoms with Crippen molar-refractivity contribution >= 4 is 22.5 Å². The number of likely N-dealkylation sites (tertiary alicyclic amines) is 1. The van der Waals surface area contributed by atoms with Crippen molar-refractivity contribution in [1.29, 1.82) is 0 Å². The summed E-state index contributed by atoms with van der Waals surface area (Å²) in [4.78, 5) is 18.0. The molecule has 0 bridgehead atoms. The second-order valence-corrected chi connectivity index (χ2v) is 7.25. The van der Waals surface area contributed by atoms with Gasteiger partial charge in [0.25, 0.3) is 0 Å². The first-order valence-electron chi connectivity index (χ1n) is 9.40. The SMILES string of the molecule is CN1C[C@H](Oc2cccc3ccc(-c4nnc5ccccn45)nc23)C[C@H]1C(=O)O. The van der Waals surface area contributed by atoms with Crippen LogP contribution in [0.2, 0.25) is 0 Å². The van der Waals surface area contributed by atoms with Gasteiger partial charge in [0.1, 0.15) is 29.1 Å². The molecular formula is C21H19N5O3. The molecule has 1 saturated heterocycles. The molecule has 0 radical (unpaired) electrons. The van der Waals surface area contributed by atoms with Gasteiger partial charge in [-0.15, -0.1) is 10.2 Å². The molecule has 1 N–H and O–H groups in total. The molecule has 0 saturated carbocycles. The molecule has 8 nitrogen and oxygen atoms in total. The van der Waals surface area contributed by atoms with E-state index < -0.39 is 12.0 Å². The van der Waals surface area contributed by atoms with Crippen LogP contribution < -0.4 is 4.74 Å². The fraction of sp³-hybridized carbons (Fsp3) is 0.238. The molecule has 4 aromatic rings. The van der Waals surface area contributed by atoms with Gasteiger partial charge in [0.2, 0.25) is 0 Å². The molecule has 2 atom stereocenters. The highest BCUT2D eigenvalue weighted by molar-refractivity contribution is 5.86. The monoisotopic (exact) mass is 389 g/mol. The molecule has 0 amide bonds. The van der Waals surface area contributed by atoms with Crippen molar-refractivity contribution in [3.63, 3.8) is 0 Å². The Morgan fingerprint density at radius 1 is 1.14 bits per heavy atom. The third kappa shape index (κ3) is 3.07. The lowest BCUT2D eigenvalue weighted by molar-refractivity contribution is -0.141. The van der Waals surface area contributed by atoms with Gasteiger partial charge in [0.05, 0.1) is 0 Å². The Hall–Kier alpha value is -3.52. The Morgan fingerprint density at radius 2 is 2.03 bits per heavy atom. The average Bonchev–Trinajstić information content (AvgIpc) is 3.31. The van der Waals surface area contributed by atoms with Crippen molar-refractivity contribution in [2.24, 2.45) is 0 Å². The van der Waals surface area contributed by atoms with E-state index in [-0.39, 0.29) is 6.10 Å². The normalized spacial score (nSPS) is 19.8. The molecule has 4 heterocycles. The summed E-state index contributed by atoms with van der Waals surface area (Å²) >= 11 is 0. The number of hydrogen-bond acceptors (Lipinski definition) is 6. The van der Waals surface area contributed by atoms with Crippen LogP contribution in [0, 0.1) is 0 Å². The molecule has 0 unspecified atom stereocenters. The number of likely N-dealkylation sites (N-methyl/N-ethyl adjacent to an activating group) is 1. The number of carboxylic acid groups (broad SMARTS) is 1. The van der Waals surface area contributed by atoms with Gasteiger partial charge in [-0.1, -0.05) is 24.3 Å². The third-order valence-electron chi connectivity index (χ3n) is 5.31. The van der Waals surface area contributed by atoms with E-state index in [1.165, 1.54) is 0 Å². The highest BCUT2D eigenvalue weighted by Gasteiger charge is 2.35. The van der Waals surface area contributed by atoms with Crippen LogP contribution in [0.1, 0.15) is 6.42 Å². The molecule has 0 aliphatic carbocycles. The molecule has 1 aliphatic rings. The van der Waals surface area contributed by atoms with Gasteiger partial charge in [0, 0.05) is 24.5 Å². The summed E-state index contributed by atoms with van der Waals surface area (Å²) in [5, 5.41) is 18.8. The summed E-state index contributed by atoms with van der Waals surface area (Å²) in [5.41, 5.74) is 2.17. The number of para-hydroxylation sites is 1. The first kappa shape index (κ1) is 17.6. The van der Waals surface area contributed by atoms with Crippen molar-refractivity contribution < 1.29 is 14.6 Å². The van der Waals surface area contributed by atoms with E-state index in [1.54, 1.807) is 11.9 Å². The van der Waals surface area contributed by atoms with E-state index in [9.17, 15) is 9.90 Å². The smallest absolute Gasteiger partial charge is 0.321 e. The predicted octanol–water partition coefficient (Wildman–Crippen LogP) is 2.48. The van der Waals surface area contributed by atoms with Crippen LogP contribution in [0.5, 0.6) is 5.75 Å². The minimum atomic E-state index is -0.824. The second kappa shape index (κ2) is 6.82. The topological polar surface area (TPSA) is 92.9 Å². The average molecular weight is 389 g/mol. The van der Waals surface area contributed by atoms with Crippen LogP contribution in [0.3, 0.4) is 0 Å². The Morgan fingerprint density at radius 3 is 2.86 bits per heavy atom. The van der Waals surface area contributed by atoms with Crippen molar-refractivity contribution in [2.75, 3.05) is 13.6 Å². The standard InChI is InChI=1S/C21H19N5O3/c1-25-12-14(11-16(25)21(27)28)29-17-6-4-5-13-8-9-15(22-19(13)17)20-24-23-18-7-2-3-10-26(18)20/h2-10,14,16H,11-12H2,1H3,(H,27,28)/t14-,16+/m1/s1. The minimum Gasteiger partial charge on any atom is -0.487 e. The highest BCUT2D eigenvalue weighted by atomic mass is 16.5. The number of carboxylic acids is 1. The van der Waals surface area contributed by atoms with Crippen LogP contribution in [0.4, 0.5) is 0 Å². The summed E-state index contributed by atoms with van der Waals surface area (Å²) in [6.07, 6.45) is 2.14. The Labute approximate surface area is 166 Å². The van der Waals surface area contributed by atoms with Crippen molar-refractivity contribution in [3.8, 4) is 17.3 Å². The largest absolute Gasteiger partial charge is 0.487 e. The summed E-state index contributed by atoms with van der Waals surface area (Å²) in [6.45, 7) is 0.557. The fourth-order valence-corrected chi connectivity index (χ4v) is 3.86. The first-order valence-corrected chi connectivity index (χ1v) is 9.40. The van der Waals surface area contributed by atoms with E-state index in [0.717, 1.165) is 16.6 Å². The zero-order valence-corrected chi connectivity index (χ0v) is 15.8. The number of aromatic nitrogens is 4. The number of rotatable bonds is 4. The maximum atomic E-state index is 11.4. The number of carbonyl (C=O) groups is 1. The van der Waals surface area contributed by atoms with Crippen LogP contribution in [-0.2, 0) is 4.79 Å². The quantitative estimate of drug-likeness (QED) is 0.573. The number of nitrogens with zero attached hydrogens (tertiary/aromatic N) is 5. The first-order chi connectivity index (χ1) is 14.1.